The van der Waals surface area contributed by atoms with E-state index in [1.54, 1.807) is 24.8 Å². The van der Waals surface area contributed by atoms with E-state index >= 15 is 0 Å². The summed E-state index contributed by atoms with van der Waals surface area (Å²) in [7, 11) is 0. The average molecular weight is 567 g/mol. The molecule has 0 N–H and O–H groups in total. The van der Waals surface area contributed by atoms with Gasteiger partial charge in [0.2, 0.25) is 0 Å². The maximum atomic E-state index is 6.33. The molecule has 9 rings (SSSR count). The van der Waals surface area contributed by atoms with Gasteiger partial charge >= 0.3 is 0 Å². The van der Waals surface area contributed by atoms with Crippen molar-refractivity contribution >= 4 is 44.1 Å². The van der Waals surface area contributed by atoms with Crippen LogP contribution in [0.3, 0.4) is 0 Å². The van der Waals surface area contributed by atoms with Crippen LogP contribution in [0.5, 0.6) is 0 Å². The van der Waals surface area contributed by atoms with Gasteiger partial charge in [-0.25, -0.2) is 0 Å². The van der Waals surface area contributed by atoms with Crippen LogP contribution in [0, 0.1) is 0 Å². The van der Waals surface area contributed by atoms with E-state index in [0.717, 1.165) is 88.6 Å². The molecular weight excluding hydrogens is 544 g/mol. The summed E-state index contributed by atoms with van der Waals surface area (Å²) in [6, 6.07) is 33.1. The van der Waals surface area contributed by atoms with Crippen LogP contribution >= 0.6 is 0 Å². The zero-order valence-electron chi connectivity index (χ0n) is 23.3. The maximum absolute atomic E-state index is 6.33. The lowest BCUT2D eigenvalue weighted by atomic mass is 9.97. The van der Waals surface area contributed by atoms with Crippen LogP contribution in [0.2, 0.25) is 0 Å². The molecule has 0 unspecified atom stereocenters. The van der Waals surface area contributed by atoms with Crippen molar-refractivity contribution in [1.29, 1.82) is 0 Å². The highest BCUT2D eigenvalue weighted by Gasteiger charge is 2.16. The molecule has 0 amide bonds. The van der Waals surface area contributed by atoms with Crippen LogP contribution in [0.1, 0.15) is 0 Å². The molecule has 44 heavy (non-hydrogen) atoms. The van der Waals surface area contributed by atoms with Crippen LogP contribution in [-0.4, -0.2) is 19.9 Å². The molecule has 206 valence electrons. The van der Waals surface area contributed by atoms with Crippen LogP contribution < -0.4 is 0 Å². The van der Waals surface area contributed by atoms with Gasteiger partial charge in [0.25, 0.3) is 0 Å². The predicted molar refractivity (Wildman–Crippen MR) is 174 cm³/mol. The lowest BCUT2D eigenvalue weighted by molar-refractivity contribution is 0.669. The number of fused-ring (bicyclic) bond motifs is 6. The van der Waals surface area contributed by atoms with Crippen molar-refractivity contribution in [2.45, 2.75) is 0 Å². The number of pyridine rings is 4. The molecule has 3 aromatic carbocycles. The van der Waals surface area contributed by atoms with E-state index in [4.69, 9.17) is 18.8 Å². The van der Waals surface area contributed by atoms with Gasteiger partial charge in [0.15, 0.2) is 11.2 Å². The van der Waals surface area contributed by atoms with Crippen molar-refractivity contribution in [3.8, 4) is 44.5 Å². The third-order valence-corrected chi connectivity index (χ3v) is 8.21. The Morgan fingerprint density at radius 3 is 1.32 bits per heavy atom. The molecule has 6 heteroatoms. The summed E-state index contributed by atoms with van der Waals surface area (Å²) in [5, 5.41) is 1.97. The Hall–Kier alpha value is -6.14. The number of hydrogen-bond donors (Lipinski definition) is 0. The van der Waals surface area contributed by atoms with Crippen molar-refractivity contribution < 1.29 is 8.83 Å². The van der Waals surface area contributed by atoms with Gasteiger partial charge in [-0.2, -0.15) is 0 Å². The molecule has 0 aliphatic rings. The van der Waals surface area contributed by atoms with Crippen molar-refractivity contribution in [1.82, 2.24) is 19.9 Å². The van der Waals surface area contributed by atoms with E-state index in [0.29, 0.717) is 0 Å². The fourth-order valence-electron chi connectivity index (χ4n) is 6.07. The highest BCUT2D eigenvalue weighted by atomic mass is 16.3. The van der Waals surface area contributed by atoms with Crippen LogP contribution in [-0.2, 0) is 0 Å². The number of furan rings is 2. The molecular formula is C38H22N4O2. The molecule has 0 spiro atoms. The Morgan fingerprint density at radius 1 is 0.386 bits per heavy atom. The molecule has 0 radical (unpaired) electrons. The number of rotatable bonds is 4. The number of aromatic nitrogens is 4. The first-order valence-electron chi connectivity index (χ1n) is 14.3. The number of nitrogens with zero attached hydrogens (tertiary/aromatic N) is 4. The van der Waals surface area contributed by atoms with Crippen LogP contribution in [0.25, 0.3) is 88.6 Å². The van der Waals surface area contributed by atoms with E-state index in [9.17, 15) is 0 Å². The number of hydrogen-bond acceptors (Lipinski definition) is 6. The van der Waals surface area contributed by atoms with Crippen molar-refractivity contribution in [2.24, 2.45) is 0 Å². The molecule has 9 aromatic rings. The second-order valence-electron chi connectivity index (χ2n) is 10.8. The smallest absolute Gasteiger partial charge is 0.161 e. The third kappa shape index (κ3) is 3.89. The normalized spacial score (nSPS) is 11.6. The molecule has 0 aliphatic carbocycles. The van der Waals surface area contributed by atoms with Gasteiger partial charge < -0.3 is 8.83 Å². The molecule has 0 atom stereocenters. The maximum Gasteiger partial charge on any atom is 0.161 e. The summed E-state index contributed by atoms with van der Waals surface area (Å²) >= 11 is 0. The standard InChI is InChI=1S/C38H22N4O2/c1-2-25(27-4-6-33-31(21-27)35-37(43-33)29(12-18-41-35)23-8-14-39-15-9-23)20-26(3-1)28-5-7-34-32(22-28)36-38(44-34)30(13-19-42-36)24-10-16-40-17-11-24/h1-22H. The van der Waals surface area contributed by atoms with E-state index < -0.39 is 0 Å². The molecule has 6 heterocycles. The van der Waals surface area contributed by atoms with Crippen LogP contribution in [0.15, 0.2) is 143 Å². The monoisotopic (exact) mass is 566 g/mol. The molecule has 0 bridgehead atoms. The van der Waals surface area contributed by atoms with Gasteiger partial charge in [0, 0.05) is 59.1 Å². The van der Waals surface area contributed by atoms with Gasteiger partial charge in [-0.15, -0.1) is 0 Å². The highest BCUT2D eigenvalue weighted by molar-refractivity contribution is 6.09. The summed E-state index contributed by atoms with van der Waals surface area (Å²) < 4.78 is 12.7. The lowest BCUT2D eigenvalue weighted by Crippen LogP contribution is -1.83. The Kier molecular flexibility index (Phi) is 5.40. The summed E-state index contributed by atoms with van der Waals surface area (Å²) in [6.45, 7) is 0. The van der Waals surface area contributed by atoms with Gasteiger partial charge in [0.05, 0.1) is 0 Å². The Bertz CT molecular complexity index is 2330. The first kappa shape index (κ1) is 24.5. The van der Waals surface area contributed by atoms with Crippen molar-refractivity contribution in [3.63, 3.8) is 0 Å². The van der Waals surface area contributed by atoms with E-state index in [-0.39, 0.29) is 0 Å². The fourth-order valence-corrected chi connectivity index (χ4v) is 6.07. The molecule has 0 aliphatic heterocycles. The molecule has 0 saturated heterocycles. The first-order chi connectivity index (χ1) is 21.8. The Morgan fingerprint density at radius 2 is 0.841 bits per heavy atom. The second-order valence-corrected chi connectivity index (χ2v) is 10.8. The van der Waals surface area contributed by atoms with Crippen LogP contribution in [0.4, 0.5) is 0 Å². The Balaban J connectivity index is 1.13. The summed E-state index contributed by atoms with van der Waals surface area (Å²) in [6.07, 6.45) is 10.8. The molecule has 6 nitrogen and oxygen atoms in total. The predicted octanol–water partition coefficient (Wildman–Crippen LogP) is 9.73. The van der Waals surface area contributed by atoms with Gasteiger partial charge in [-0.3, -0.25) is 19.9 Å². The molecule has 6 aromatic heterocycles. The average Bonchev–Trinajstić information content (AvgIpc) is 3.67. The second kappa shape index (κ2) is 9.71. The SMILES string of the molecule is c1cc(-c2ccc3oc4c(-c5ccncc5)ccnc4c3c2)cc(-c2ccc3oc4c(-c5ccncc5)ccnc4c3c2)c1. The molecule has 0 saturated carbocycles. The zero-order chi connectivity index (χ0) is 29.0. The summed E-state index contributed by atoms with van der Waals surface area (Å²) in [4.78, 5) is 17.7. The minimum absolute atomic E-state index is 0.779. The van der Waals surface area contributed by atoms with Crippen molar-refractivity contribution in [3.05, 3.63) is 134 Å². The highest BCUT2D eigenvalue weighted by Crippen LogP contribution is 2.39. The Labute approximate surface area is 251 Å². The fraction of sp³-hybridized carbons (Fsp3) is 0. The third-order valence-electron chi connectivity index (χ3n) is 8.21. The molecule has 0 fully saturated rings. The summed E-state index contributed by atoms with van der Waals surface area (Å²) in [5.41, 5.74) is 13.4. The minimum atomic E-state index is 0.779. The largest absolute Gasteiger partial charge is 0.454 e. The zero-order valence-corrected chi connectivity index (χ0v) is 23.3. The van der Waals surface area contributed by atoms with Gasteiger partial charge in [0.1, 0.15) is 22.2 Å². The van der Waals surface area contributed by atoms with E-state index in [2.05, 4.69) is 58.5 Å². The summed E-state index contributed by atoms with van der Waals surface area (Å²) in [5.74, 6) is 0. The van der Waals surface area contributed by atoms with E-state index in [1.807, 2.05) is 60.9 Å². The minimum Gasteiger partial charge on any atom is -0.454 e. The van der Waals surface area contributed by atoms with Crippen molar-refractivity contribution in [2.75, 3.05) is 0 Å². The van der Waals surface area contributed by atoms with Gasteiger partial charge in [-0.1, -0.05) is 30.3 Å². The van der Waals surface area contributed by atoms with E-state index in [1.165, 1.54) is 0 Å². The first-order valence-corrected chi connectivity index (χ1v) is 14.3. The number of benzene rings is 3. The quantitative estimate of drug-likeness (QED) is 0.211. The van der Waals surface area contributed by atoms with Gasteiger partial charge in [-0.05, 0) is 100 Å². The topological polar surface area (TPSA) is 77.8 Å². The lowest BCUT2D eigenvalue weighted by Gasteiger charge is -2.07.